The van der Waals surface area contributed by atoms with E-state index in [1.807, 2.05) is 28.8 Å². The summed E-state index contributed by atoms with van der Waals surface area (Å²) in [5, 5.41) is 0. The minimum Gasteiger partial charge on any atom is -0.335 e. The number of rotatable bonds is 3. The molecule has 0 radical (unpaired) electrons. The van der Waals surface area contributed by atoms with E-state index in [0.717, 1.165) is 22.9 Å². The third kappa shape index (κ3) is 3.25. The van der Waals surface area contributed by atoms with Gasteiger partial charge in [-0.15, -0.1) is 0 Å². The second-order valence-electron chi connectivity index (χ2n) is 7.08. The highest BCUT2D eigenvalue weighted by Crippen LogP contribution is 2.25. The molecule has 6 heteroatoms. The van der Waals surface area contributed by atoms with Crippen molar-refractivity contribution < 1.29 is 4.79 Å². The van der Waals surface area contributed by atoms with E-state index >= 15 is 0 Å². The molecule has 0 aromatic carbocycles. The van der Waals surface area contributed by atoms with Gasteiger partial charge in [0.2, 0.25) is 5.91 Å². The molecule has 0 spiro atoms. The van der Waals surface area contributed by atoms with Crippen molar-refractivity contribution in [3.63, 3.8) is 0 Å². The van der Waals surface area contributed by atoms with Gasteiger partial charge in [-0.2, -0.15) is 0 Å². The number of amides is 1. The number of carbonyl (C=O) groups is 1. The Morgan fingerprint density at radius 3 is 2.70 bits per heavy atom. The Morgan fingerprint density at radius 1 is 1.26 bits per heavy atom. The van der Waals surface area contributed by atoms with Gasteiger partial charge in [0.15, 0.2) is 0 Å². The average molecular weight is 313 g/mol. The van der Waals surface area contributed by atoms with Crippen LogP contribution in [-0.2, 0) is 29.8 Å². The average Bonchev–Trinajstić information content (AvgIpc) is 3.09. The van der Waals surface area contributed by atoms with E-state index in [2.05, 4.69) is 35.7 Å². The van der Waals surface area contributed by atoms with Gasteiger partial charge in [0, 0.05) is 49.1 Å². The summed E-state index contributed by atoms with van der Waals surface area (Å²) >= 11 is 0. The van der Waals surface area contributed by atoms with Gasteiger partial charge in [0.25, 0.3) is 0 Å². The molecule has 1 amide bonds. The molecule has 0 aliphatic carbocycles. The Balaban J connectivity index is 1.65. The van der Waals surface area contributed by atoms with Crippen LogP contribution in [0.2, 0.25) is 0 Å². The van der Waals surface area contributed by atoms with E-state index in [0.29, 0.717) is 26.1 Å². The van der Waals surface area contributed by atoms with E-state index in [-0.39, 0.29) is 11.3 Å². The smallest absolute Gasteiger partial charge is 0.225 e. The van der Waals surface area contributed by atoms with Crippen LogP contribution in [0.15, 0.2) is 18.6 Å². The second kappa shape index (κ2) is 5.76. The molecule has 1 aliphatic heterocycles. The highest BCUT2D eigenvalue weighted by atomic mass is 16.2. The van der Waals surface area contributed by atoms with Gasteiger partial charge in [0.1, 0.15) is 11.6 Å². The zero-order valence-corrected chi connectivity index (χ0v) is 14.2. The number of fused-ring (bicyclic) bond motifs is 1. The molecule has 2 aromatic heterocycles. The molecule has 0 fully saturated rings. The van der Waals surface area contributed by atoms with Crippen LogP contribution < -0.4 is 0 Å². The standard InChI is InChI=1S/C17H23N5O/c1-12-18-6-8-21(12)7-5-15(23)22-10-13-9-19-16(17(2,3)4)20-14(13)11-22/h6,8-9H,5,7,10-11H2,1-4H3. The Bertz CT molecular complexity index is 729. The lowest BCUT2D eigenvalue weighted by Gasteiger charge is -2.16. The zero-order chi connectivity index (χ0) is 16.6. The number of hydrogen-bond acceptors (Lipinski definition) is 4. The van der Waals surface area contributed by atoms with Gasteiger partial charge < -0.3 is 9.47 Å². The van der Waals surface area contributed by atoms with Crippen molar-refractivity contribution >= 4 is 5.91 Å². The predicted molar refractivity (Wildman–Crippen MR) is 86.6 cm³/mol. The maximum atomic E-state index is 12.4. The number of hydrogen-bond donors (Lipinski definition) is 0. The third-order valence-electron chi connectivity index (χ3n) is 4.17. The SMILES string of the molecule is Cc1nccn1CCC(=O)N1Cc2cnc(C(C)(C)C)nc2C1. The van der Waals surface area contributed by atoms with Gasteiger partial charge in [-0.3, -0.25) is 4.79 Å². The summed E-state index contributed by atoms with van der Waals surface area (Å²) < 4.78 is 2.00. The van der Waals surface area contributed by atoms with E-state index in [9.17, 15) is 4.79 Å². The van der Waals surface area contributed by atoms with Crippen molar-refractivity contribution in [2.45, 2.75) is 59.2 Å². The largest absolute Gasteiger partial charge is 0.335 e. The van der Waals surface area contributed by atoms with Gasteiger partial charge in [-0.1, -0.05) is 20.8 Å². The van der Waals surface area contributed by atoms with Crippen LogP contribution in [0.4, 0.5) is 0 Å². The Kier molecular flexibility index (Phi) is 3.92. The molecular formula is C17H23N5O. The van der Waals surface area contributed by atoms with Crippen LogP contribution in [0.5, 0.6) is 0 Å². The Hall–Kier alpha value is -2.24. The molecule has 0 bridgehead atoms. The lowest BCUT2D eigenvalue weighted by molar-refractivity contribution is -0.132. The van der Waals surface area contributed by atoms with Crippen molar-refractivity contribution in [3.05, 3.63) is 41.5 Å². The summed E-state index contributed by atoms with van der Waals surface area (Å²) in [4.78, 5) is 27.6. The molecule has 3 rings (SSSR count). The molecule has 0 N–H and O–H groups in total. The highest BCUT2D eigenvalue weighted by molar-refractivity contribution is 5.76. The first-order valence-corrected chi connectivity index (χ1v) is 7.95. The summed E-state index contributed by atoms with van der Waals surface area (Å²) in [6, 6.07) is 0. The van der Waals surface area contributed by atoms with Crippen LogP contribution >= 0.6 is 0 Å². The highest BCUT2D eigenvalue weighted by Gasteiger charge is 2.27. The van der Waals surface area contributed by atoms with E-state index in [1.54, 1.807) is 6.20 Å². The molecular weight excluding hydrogens is 290 g/mol. The number of carbonyl (C=O) groups excluding carboxylic acids is 1. The maximum Gasteiger partial charge on any atom is 0.225 e. The van der Waals surface area contributed by atoms with Gasteiger partial charge >= 0.3 is 0 Å². The quantitative estimate of drug-likeness (QED) is 0.871. The molecule has 0 saturated carbocycles. The summed E-state index contributed by atoms with van der Waals surface area (Å²) in [5.74, 6) is 1.91. The fourth-order valence-corrected chi connectivity index (χ4v) is 2.71. The minimum atomic E-state index is -0.0780. The molecule has 0 atom stereocenters. The molecule has 3 heterocycles. The van der Waals surface area contributed by atoms with Crippen LogP contribution in [0.25, 0.3) is 0 Å². The number of aromatic nitrogens is 4. The fourth-order valence-electron chi connectivity index (χ4n) is 2.71. The van der Waals surface area contributed by atoms with Crippen LogP contribution in [-0.4, -0.2) is 30.3 Å². The summed E-state index contributed by atoms with van der Waals surface area (Å²) in [6.45, 7) is 10.1. The summed E-state index contributed by atoms with van der Waals surface area (Å²) in [7, 11) is 0. The van der Waals surface area contributed by atoms with Crippen molar-refractivity contribution in [3.8, 4) is 0 Å². The lowest BCUT2D eigenvalue weighted by Crippen LogP contribution is -2.26. The first-order valence-electron chi connectivity index (χ1n) is 7.95. The van der Waals surface area contributed by atoms with Crippen molar-refractivity contribution in [1.29, 1.82) is 0 Å². The number of nitrogens with zero attached hydrogens (tertiary/aromatic N) is 5. The van der Waals surface area contributed by atoms with E-state index in [1.165, 1.54) is 0 Å². The van der Waals surface area contributed by atoms with Crippen LogP contribution in [0.3, 0.4) is 0 Å². The molecule has 1 aliphatic rings. The first kappa shape index (κ1) is 15.6. The fraction of sp³-hybridized carbons (Fsp3) is 0.529. The van der Waals surface area contributed by atoms with Crippen molar-refractivity contribution in [2.24, 2.45) is 0 Å². The van der Waals surface area contributed by atoms with Gasteiger partial charge in [-0.05, 0) is 6.92 Å². The third-order valence-corrected chi connectivity index (χ3v) is 4.17. The second-order valence-corrected chi connectivity index (χ2v) is 7.08. The predicted octanol–water partition coefficient (Wildman–Crippen LogP) is 2.21. The molecule has 2 aromatic rings. The van der Waals surface area contributed by atoms with E-state index < -0.39 is 0 Å². The van der Waals surface area contributed by atoms with Crippen LogP contribution in [0.1, 0.15) is 50.1 Å². The van der Waals surface area contributed by atoms with Gasteiger partial charge in [0.05, 0.1) is 12.2 Å². The minimum absolute atomic E-state index is 0.0780. The summed E-state index contributed by atoms with van der Waals surface area (Å²) in [5.41, 5.74) is 1.97. The zero-order valence-electron chi connectivity index (χ0n) is 14.2. The first-order chi connectivity index (χ1) is 10.8. The van der Waals surface area contributed by atoms with Crippen LogP contribution in [0, 0.1) is 6.92 Å². The lowest BCUT2D eigenvalue weighted by atomic mass is 9.95. The molecule has 6 nitrogen and oxygen atoms in total. The Morgan fingerprint density at radius 2 is 2.04 bits per heavy atom. The van der Waals surface area contributed by atoms with E-state index in [4.69, 9.17) is 0 Å². The van der Waals surface area contributed by atoms with Crippen molar-refractivity contribution in [1.82, 2.24) is 24.4 Å². The number of imidazole rings is 1. The van der Waals surface area contributed by atoms with Crippen molar-refractivity contribution in [2.75, 3.05) is 0 Å². The molecule has 0 unspecified atom stereocenters. The van der Waals surface area contributed by atoms with Gasteiger partial charge in [-0.25, -0.2) is 15.0 Å². The molecule has 122 valence electrons. The topological polar surface area (TPSA) is 63.9 Å². The monoisotopic (exact) mass is 313 g/mol. The summed E-state index contributed by atoms with van der Waals surface area (Å²) in [6.07, 6.45) is 6.01. The maximum absolute atomic E-state index is 12.4. The number of aryl methyl sites for hydroxylation is 2. The normalized spacial score (nSPS) is 14.2. The Labute approximate surface area is 136 Å². The molecule has 23 heavy (non-hydrogen) atoms. The molecule has 0 saturated heterocycles.